The molecule has 0 atom stereocenters. The summed E-state index contributed by atoms with van der Waals surface area (Å²) >= 11 is 1.72. The van der Waals surface area contributed by atoms with E-state index in [0.29, 0.717) is 5.92 Å². The van der Waals surface area contributed by atoms with Crippen LogP contribution in [0.1, 0.15) is 43.7 Å². The molecule has 2 aromatic rings. The standard InChI is InChI=1S/C14H20N4S/c1-4-5-15-9-12-13(10(2)3)18-14(19-12)11-8-16-6-7-17-11/h6-8,10,15H,4-5,9H2,1-3H3. The van der Waals surface area contributed by atoms with Gasteiger partial charge in [0.05, 0.1) is 11.9 Å². The molecule has 0 aliphatic heterocycles. The van der Waals surface area contributed by atoms with E-state index < -0.39 is 0 Å². The first-order valence-corrected chi connectivity index (χ1v) is 7.50. The van der Waals surface area contributed by atoms with Gasteiger partial charge in [0.2, 0.25) is 0 Å². The Morgan fingerprint density at radius 1 is 1.32 bits per heavy atom. The van der Waals surface area contributed by atoms with Crippen molar-refractivity contribution in [2.45, 2.75) is 39.7 Å². The van der Waals surface area contributed by atoms with Gasteiger partial charge in [-0.2, -0.15) is 0 Å². The zero-order chi connectivity index (χ0) is 13.7. The Balaban J connectivity index is 2.25. The molecule has 102 valence electrons. The lowest BCUT2D eigenvalue weighted by Gasteiger charge is -2.05. The molecular formula is C14H20N4S. The summed E-state index contributed by atoms with van der Waals surface area (Å²) in [4.78, 5) is 14.5. The normalized spacial score (nSPS) is 11.2. The maximum atomic E-state index is 4.73. The monoisotopic (exact) mass is 276 g/mol. The predicted molar refractivity (Wildman–Crippen MR) is 79.2 cm³/mol. The van der Waals surface area contributed by atoms with E-state index in [1.54, 1.807) is 29.9 Å². The van der Waals surface area contributed by atoms with E-state index >= 15 is 0 Å². The smallest absolute Gasteiger partial charge is 0.144 e. The van der Waals surface area contributed by atoms with Gasteiger partial charge in [-0.05, 0) is 18.9 Å². The minimum atomic E-state index is 0.431. The van der Waals surface area contributed by atoms with Gasteiger partial charge in [-0.3, -0.25) is 9.97 Å². The Morgan fingerprint density at radius 3 is 2.79 bits per heavy atom. The van der Waals surface area contributed by atoms with Gasteiger partial charge in [0, 0.05) is 23.8 Å². The van der Waals surface area contributed by atoms with Crippen LogP contribution in [0.4, 0.5) is 0 Å². The Morgan fingerprint density at radius 2 is 2.16 bits per heavy atom. The van der Waals surface area contributed by atoms with E-state index in [-0.39, 0.29) is 0 Å². The van der Waals surface area contributed by atoms with Gasteiger partial charge in [-0.25, -0.2) is 4.98 Å². The van der Waals surface area contributed by atoms with Crippen LogP contribution in [0.5, 0.6) is 0 Å². The third-order valence-corrected chi connectivity index (χ3v) is 3.86. The van der Waals surface area contributed by atoms with Gasteiger partial charge >= 0.3 is 0 Å². The summed E-state index contributed by atoms with van der Waals surface area (Å²) < 4.78 is 0. The Bertz CT molecular complexity index is 507. The number of hydrogen-bond acceptors (Lipinski definition) is 5. The van der Waals surface area contributed by atoms with Crippen molar-refractivity contribution in [3.8, 4) is 10.7 Å². The molecule has 0 saturated carbocycles. The van der Waals surface area contributed by atoms with Crippen LogP contribution in [0.25, 0.3) is 10.7 Å². The Labute approximate surface area is 118 Å². The maximum absolute atomic E-state index is 4.73. The molecule has 0 saturated heterocycles. The number of rotatable bonds is 6. The van der Waals surface area contributed by atoms with E-state index in [9.17, 15) is 0 Å². The van der Waals surface area contributed by atoms with Gasteiger partial charge in [0.1, 0.15) is 10.7 Å². The molecule has 0 spiro atoms. The summed E-state index contributed by atoms with van der Waals surface area (Å²) in [5, 5.41) is 4.41. The SMILES string of the molecule is CCCNCc1sc(-c2cnccn2)nc1C(C)C. The second-order valence-electron chi connectivity index (χ2n) is 4.75. The molecule has 2 rings (SSSR count). The van der Waals surface area contributed by atoms with Crippen molar-refractivity contribution < 1.29 is 0 Å². The summed E-state index contributed by atoms with van der Waals surface area (Å²) in [6, 6.07) is 0. The lowest BCUT2D eigenvalue weighted by molar-refractivity contribution is 0.670. The lowest BCUT2D eigenvalue weighted by Crippen LogP contribution is -2.14. The predicted octanol–water partition coefficient (Wildman–Crippen LogP) is 3.22. The highest BCUT2D eigenvalue weighted by molar-refractivity contribution is 7.15. The van der Waals surface area contributed by atoms with E-state index in [0.717, 1.165) is 30.2 Å². The van der Waals surface area contributed by atoms with Crippen LogP contribution in [0, 0.1) is 0 Å². The maximum Gasteiger partial charge on any atom is 0.144 e. The van der Waals surface area contributed by atoms with Crippen LogP contribution in [0.2, 0.25) is 0 Å². The first-order valence-electron chi connectivity index (χ1n) is 6.69. The molecule has 2 heterocycles. The fourth-order valence-electron chi connectivity index (χ4n) is 1.84. The minimum Gasteiger partial charge on any atom is -0.312 e. The second-order valence-corrected chi connectivity index (χ2v) is 5.83. The van der Waals surface area contributed by atoms with Crippen molar-refractivity contribution in [1.82, 2.24) is 20.3 Å². The van der Waals surface area contributed by atoms with Crippen molar-refractivity contribution in [3.63, 3.8) is 0 Å². The Kier molecular flexibility index (Phi) is 4.99. The van der Waals surface area contributed by atoms with Crippen LogP contribution in [0.15, 0.2) is 18.6 Å². The molecule has 19 heavy (non-hydrogen) atoms. The zero-order valence-electron chi connectivity index (χ0n) is 11.7. The number of aromatic nitrogens is 3. The highest BCUT2D eigenvalue weighted by Gasteiger charge is 2.15. The van der Waals surface area contributed by atoms with Gasteiger partial charge in [0.15, 0.2) is 0 Å². The third kappa shape index (κ3) is 3.58. The summed E-state index contributed by atoms with van der Waals surface area (Å²) in [7, 11) is 0. The molecule has 4 nitrogen and oxygen atoms in total. The van der Waals surface area contributed by atoms with Crippen molar-refractivity contribution in [1.29, 1.82) is 0 Å². The molecule has 0 amide bonds. The fraction of sp³-hybridized carbons (Fsp3) is 0.500. The molecule has 0 fully saturated rings. The van der Waals surface area contributed by atoms with E-state index in [2.05, 4.69) is 36.1 Å². The summed E-state index contributed by atoms with van der Waals surface area (Å²) in [6.07, 6.45) is 6.31. The summed E-state index contributed by atoms with van der Waals surface area (Å²) in [6.45, 7) is 8.46. The van der Waals surface area contributed by atoms with Gasteiger partial charge in [-0.1, -0.05) is 20.8 Å². The van der Waals surface area contributed by atoms with E-state index in [1.807, 2.05) is 0 Å². The largest absolute Gasteiger partial charge is 0.312 e. The van der Waals surface area contributed by atoms with Crippen molar-refractivity contribution in [3.05, 3.63) is 29.2 Å². The molecule has 1 N–H and O–H groups in total. The average Bonchev–Trinajstić information content (AvgIpc) is 2.84. The van der Waals surface area contributed by atoms with Crippen molar-refractivity contribution in [2.24, 2.45) is 0 Å². The molecule has 2 aromatic heterocycles. The van der Waals surface area contributed by atoms with Crippen LogP contribution >= 0.6 is 11.3 Å². The van der Waals surface area contributed by atoms with Gasteiger partial charge < -0.3 is 5.32 Å². The third-order valence-electron chi connectivity index (χ3n) is 2.77. The lowest BCUT2D eigenvalue weighted by atomic mass is 10.1. The van der Waals surface area contributed by atoms with Crippen LogP contribution in [0.3, 0.4) is 0 Å². The molecule has 0 aliphatic rings. The first kappa shape index (κ1) is 14.1. The number of hydrogen-bond donors (Lipinski definition) is 1. The minimum absolute atomic E-state index is 0.431. The quantitative estimate of drug-likeness (QED) is 0.823. The highest BCUT2D eigenvalue weighted by atomic mass is 32.1. The highest BCUT2D eigenvalue weighted by Crippen LogP contribution is 2.30. The average molecular weight is 276 g/mol. The summed E-state index contributed by atoms with van der Waals surface area (Å²) in [5.41, 5.74) is 2.03. The number of nitrogens with zero attached hydrogens (tertiary/aromatic N) is 3. The van der Waals surface area contributed by atoms with E-state index in [4.69, 9.17) is 4.98 Å². The first-order chi connectivity index (χ1) is 9.22. The van der Waals surface area contributed by atoms with Crippen LogP contribution in [-0.2, 0) is 6.54 Å². The fourth-order valence-corrected chi connectivity index (χ4v) is 2.99. The molecule has 5 heteroatoms. The number of thiazole rings is 1. The van der Waals surface area contributed by atoms with E-state index in [1.165, 1.54) is 10.6 Å². The van der Waals surface area contributed by atoms with Gasteiger partial charge in [-0.15, -0.1) is 11.3 Å². The molecular weight excluding hydrogens is 256 g/mol. The van der Waals surface area contributed by atoms with Crippen LogP contribution < -0.4 is 5.32 Å². The zero-order valence-corrected chi connectivity index (χ0v) is 12.5. The molecule has 0 unspecified atom stereocenters. The molecule has 0 aromatic carbocycles. The van der Waals surface area contributed by atoms with Gasteiger partial charge in [0.25, 0.3) is 0 Å². The Hall–Kier alpha value is -1.33. The van der Waals surface area contributed by atoms with Crippen LogP contribution in [-0.4, -0.2) is 21.5 Å². The second kappa shape index (κ2) is 6.73. The van der Waals surface area contributed by atoms with Crippen molar-refractivity contribution >= 4 is 11.3 Å². The molecule has 0 aliphatic carbocycles. The van der Waals surface area contributed by atoms with Crippen molar-refractivity contribution in [2.75, 3.05) is 6.54 Å². The molecule has 0 bridgehead atoms. The topological polar surface area (TPSA) is 50.7 Å². The molecule has 0 radical (unpaired) electrons. The summed E-state index contributed by atoms with van der Waals surface area (Å²) in [5.74, 6) is 0.431. The number of nitrogens with one attached hydrogen (secondary N) is 1.